The first-order valence-electron chi connectivity index (χ1n) is 2.64. The Bertz CT molecular complexity index is 189. The molecule has 1 fully saturated rings. The SMILES string of the molecule is O=S(=O)(O)C1CC(O)C1. The Morgan fingerprint density at radius 3 is 1.89 bits per heavy atom. The van der Waals surface area contributed by atoms with Gasteiger partial charge >= 0.3 is 0 Å². The number of aliphatic hydroxyl groups is 1. The molecule has 0 aromatic rings. The molecule has 1 rings (SSSR count). The van der Waals surface area contributed by atoms with Gasteiger partial charge in [0.1, 0.15) is 0 Å². The van der Waals surface area contributed by atoms with Gasteiger partial charge in [0.15, 0.2) is 0 Å². The Hall–Kier alpha value is -0.130. The Balaban J connectivity index is 2.51. The first-order valence-corrected chi connectivity index (χ1v) is 4.15. The summed E-state index contributed by atoms with van der Waals surface area (Å²) in [5.41, 5.74) is 0. The van der Waals surface area contributed by atoms with Gasteiger partial charge < -0.3 is 5.11 Å². The second-order valence-electron chi connectivity index (χ2n) is 2.26. The smallest absolute Gasteiger partial charge is 0.267 e. The van der Waals surface area contributed by atoms with Gasteiger partial charge in [0.05, 0.1) is 11.4 Å². The van der Waals surface area contributed by atoms with Crippen LogP contribution in [0.1, 0.15) is 12.8 Å². The van der Waals surface area contributed by atoms with Crippen LogP contribution in [0.3, 0.4) is 0 Å². The molecule has 9 heavy (non-hydrogen) atoms. The zero-order valence-corrected chi connectivity index (χ0v) is 5.50. The summed E-state index contributed by atoms with van der Waals surface area (Å²) in [5, 5.41) is 7.89. The highest BCUT2D eigenvalue weighted by atomic mass is 32.2. The minimum Gasteiger partial charge on any atom is -0.393 e. The largest absolute Gasteiger partial charge is 0.393 e. The van der Waals surface area contributed by atoms with Gasteiger partial charge in [-0.25, -0.2) is 0 Å². The van der Waals surface area contributed by atoms with Gasteiger partial charge in [-0.2, -0.15) is 8.42 Å². The lowest BCUT2D eigenvalue weighted by molar-refractivity contribution is 0.0950. The van der Waals surface area contributed by atoms with Crippen LogP contribution in [0.15, 0.2) is 0 Å². The van der Waals surface area contributed by atoms with Crippen molar-refractivity contribution in [1.29, 1.82) is 0 Å². The maximum absolute atomic E-state index is 10.2. The minimum absolute atomic E-state index is 0.179. The van der Waals surface area contributed by atoms with E-state index in [1.165, 1.54) is 0 Å². The molecular weight excluding hydrogens is 144 g/mol. The number of hydrogen-bond donors (Lipinski definition) is 2. The standard InChI is InChI=1S/C4H8O4S/c5-3-1-4(2-3)9(6,7)8/h3-5H,1-2H2,(H,6,7,8). The van der Waals surface area contributed by atoms with E-state index in [0.717, 1.165) is 0 Å². The highest BCUT2D eigenvalue weighted by molar-refractivity contribution is 7.86. The van der Waals surface area contributed by atoms with E-state index in [0.29, 0.717) is 0 Å². The van der Waals surface area contributed by atoms with Gasteiger partial charge in [-0.05, 0) is 12.8 Å². The fraction of sp³-hybridized carbons (Fsp3) is 1.00. The lowest BCUT2D eigenvalue weighted by Gasteiger charge is -2.27. The average Bonchev–Trinajstić information content (AvgIpc) is 1.55. The molecule has 2 N–H and O–H groups in total. The van der Waals surface area contributed by atoms with Crippen LogP contribution in [0.2, 0.25) is 0 Å². The van der Waals surface area contributed by atoms with Crippen molar-refractivity contribution < 1.29 is 18.1 Å². The Morgan fingerprint density at radius 1 is 1.33 bits per heavy atom. The molecule has 4 nitrogen and oxygen atoms in total. The molecule has 0 amide bonds. The molecule has 1 saturated carbocycles. The molecule has 0 aliphatic heterocycles. The highest BCUT2D eigenvalue weighted by Gasteiger charge is 2.36. The molecule has 1 aliphatic rings. The molecule has 0 radical (unpaired) electrons. The summed E-state index contributed by atoms with van der Waals surface area (Å²) in [5.74, 6) is 0. The lowest BCUT2D eigenvalue weighted by atomic mass is 9.96. The monoisotopic (exact) mass is 152 g/mol. The van der Waals surface area contributed by atoms with Crippen LogP contribution in [-0.2, 0) is 10.1 Å². The first kappa shape index (κ1) is 6.98. The van der Waals surface area contributed by atoms with Crippen molar-refractivity contribution >= 4 is 10.1 Å². The quantitative estimate of drug-likeness (QED) is 0.492. The summed E-state index contributed by atoms with van der Waals surface area (Å²) in [6.07, 6.45) is -0.172. The predicted octanol–water partition coefficient (Wildman–Crippen LogP) is -0.603. The summed E-state index contributed by atoms with van der Waals surface area (Å²) in [6.45, 7) is 0. The molecule has 1 aliphatic carbocycles. The third kappa shape index (κ3) is 1.41. The van der Waals surface area contributed by atoms with Crippen molar-refractivity contribution in [3.8, 4) is 0 Å². The number of aliphatic hydroxyl groups excluding tert-OH is 1. The summed E-state index contributed by atoms with van der Waals surface area (Å²) in [7, 11) is -3.86. The third-order valence-corrected chi connectivity index (χ3v) is 2.72. The van der Waals surface area contributed by atoms with Gasteiger partial charge in [0, 0.05) is 0 Å². The van der Waals surface area contributed by atoms with Crippen LogP contribution in [0.5, 0.6) is 0 Å². The van der Waals surface area contributed by atoms with E-state index in [1.54, 1.807) is 0 Å². The van der Waals surface area contributed by atoms with Crippen molar-refractivity contribution in [2.75, 3.05) is 0 Å². The topological polar surface area (TPSA) is 74.6 Å². The Kier molecular flexibility index (Phi) is 1.50. The maximum atomic E-state index is 10.2. The van der Waals surface area contributed by atoms with Crippen molar-refractivity contribution in [1.82, 2.24) is 0 Å². The highest BCUT2D eigenvalue weighted by Crippen LogP contribution is 2.25. The fourth-order valence-corrected chi connectivity index (χ4v) is 1.71. The average molecular weight is 152 g/mol. The zero-order valence-electron chi connectivity index (χ0n) is 4.69. The van der Waals surface area contributed by atoms with Crippen molar-refractivity contribution in [2.45, 2.75) is 24.2 Å². The second-order valence-corrected chi connectivity index (χ2v) is 3.96. The molecule has 0 spiro atoms. The molecule has 0 bridgehead atoms. The van der Waals surface area contributed by atoms with Gasteiger partial charge in [0.2, 0.25) is 0 Å². The van der Waals surface area contributed by atoms with E-state index in [1.807, 2.05) is 0 Å². The van der Waals surface area contributed by atoms with E-state index in [2.05, 4.69) is 0 Å². The number of hydrogen-bond acceptors (Lipinski definition) is 3. The van der Waals surface area contributed by atoms with E-state index < -0.39 is 21.5 Å². The van der Waals surface area contributed by atoms with E-state index in [9.17, 15) is 8.42 Å². The van der Waals surface area contributed by atoms with Crippen molar-refractivity contribution in [2.24, 2.45) is 0 Å². The summed E-state index contributed by atoms with van der Waals surface area (Å²) < 4.78 is 28.7. The van der Waals surface area contributed by atoms with Crippen LogP contribution in [-0.4, -0.2) is 29.4 Å². The zero-order chi connectivity index (χ0) is 7.07. The second kappa shape index (κ2) is 1.93. The van der Waals surface area contributed by atoms with Gasteiger partial charge in [-0.3, -0.25) is 4.55 Å². The third-order valence-electron chi connectivity index (χ3n) is 1.49. The van der Waals surface area contributed by atoms with Crippen molar-refractivity contribution in [3.05, 3.63) is 0 Å². The fourth-order valence-electron chi connectivity index (χ4n) is 0.781. The summed E-state index contributed by atoms with van der Waals surface area (Å²) in [4.78, 5) is 0. The van der Waals surface area contributed by atoms with Crippen LogP contribution in [0, 0.1) is 0 Å². The van der Waals surface area contributed by atoms with Gasteiger partial charge in [-0.1, -0.05) is 0 Å². The maximum Gasteiger partial charge on any atom is 0.267 e. The normalized spacial score (nSPS) is 35.8. The van der Waals surface area contributed by atoms with Gasteiger partial charge in [0.25, 0.3) is 10.1 Å². The van der Waals surface area contributed by atoms with E-state index in [4.69, 9.17) is 9.66 Å². The van der Waals surface area contributed by atoms with Crippen LogP contribution < -0.4 is 0 Å². The predicted molar refractivity (Wildman–Crippen MR) is 30.6 cm³/mol. The minimum atomic E-state index is -3.86. The molecule has 0 aromatic heterocycles. The van der Waals surface area contributed by atoms with Crippen molar-refractivity contribution in [3.63, 3.8) is 0 Å². The van der Waals surface area contributed by atoms with E-state index >= 15 is 0 Å². The Labute approximate surface area is 53.3 Å². The lowest BCUT2D eigenvalue weighted by Crippen LogP contribution is -2.38. The summed E-state index contributed by atoms with van der Waals surface area (Å²) in [6, 6.07) is 0. The summed E-state index contributed by atoms with van der Waals surface area (Å²) >= 11 is 0. The van der Waals surface area contributed by atoms with Crippen LogP contribution in [0.4, 0.5) is 0 Å². The van der Waals surface area contributed by atoms with Crippen LogP contribution in [0.25, 0.3) is 0 Å². The molecule has 0 atom stereocenters. The van der Waals surface area contributed by atoms with Gasteiger partial charge in [-0.15, -0.1) is 0 Å². The number of rotatable bonds is 1. The molecule has 0 saturated heterocycles. The van der Waals surface area contributed by atoms with Crippen LogP contribution >= 0.6 is 0 Å². The molecule has 5 heteroatoms. The molecule has 0 unspecified atom stereocenters. The molecular formula is C4H8O4S. The molecule has 0 heterocycles. The van der Waals surface area contributed by atoms with E-state index in [-0.39, 0.29) is 12.8 Å². The first-order chi connectivity index (χ1) is 4.00. The molecule has 0 aromatic carbocycles. The molecule has 54 valence electrons. The Morgan fingerprint density at radius 2 is 1.78 bits per heavy atom.